The van der Waals surface area contributed by atoms with E-state index in [-0.39, 0.29) is 12.2 Å². The Morgan fingerprint density at radius 3 is 2.53 bits per heavy atom. The third-order valence-electron chi connectivity index (χ3n) is 2.49. The van der Waals surface area contributed by atoms with Gasteiger partial charge in [-0.15, -0.1) is 0 Å². The number of ether oxygens (including phenoxy) is 1. The van der Waals surface area contributed by atoms with Crippen LogP contribution in [0, 0.1) is 11.3 Å². The van der Waals surface area contributed by atoms with Crippen molar-refractivity contribution in [1.82, 2.24) is 0 Å². The van der Waals surface area contributed by atoms with Crippen molar-refractivity contribution in [3.05, 3.63) is 64.7 Å². The first-order valence-electron chi connectivity index (χ1n) is 5.63. The molecular formula is C15H10ClNO2. The molecule has 0 radical (unpaired) electrons. The molecule has 0 aromatic heterocycles. The highest BCUT2D eigenvalue weighted by molar-refractivity contribution is 6.30. The zero-order valence-corrected chi connectivity index (χ0v) is 10.7. The van der Waals surface area contributed by atoms with Crippen LogP contribution < -0.4 is 4.74 Å². The van der Waals surface area contributed by atoms with E-state index in [0.717, 1.165) is 5.56 Å². The summed E-state index contributed by atoms with van der Waals surface area (Å²) in [6.45, 7) is 0. The SMILES string of the molecule is N#Cc1ccccc1OC(=O)Cc1ccc(Cl)cc1. The summed E-state index contributed by atoms with van der Waals surface area (Å²) in [5.74, 6) is -0.131. The molecule has 0 aliphatic heterocycles. The van der Waals surface area contributed by atoms with Crippen molar-refractivity contribution >= 4 is 17.6 Å². The molecule has 0 saturated carbocycles. The van der Waals surface area contributed by atoms with Gasteiger partial charge in [-0.05, 0) is 29.8 Å². The van der Waals surface area contributed by atoms with Crippen molar-refractivity contribution < 1.29 is 9.53 Å². The Balaban J connectivity index is 2.06. The fraction of sp³-hybridized carbons (Fsp3) is 0.0667. The van der Waals surface area contributed by atoms with E-state index in [9.17, 15) is 4.79 Å². The second-order valence-electron chi connectivity index (χ2n) is 3.89. The topological polar surface area (TPSA) is 50.1 Å². The second-order valence-corrected chi connectivity index (χ2v) is 4.32. The third-order valence-corrected chi connectivity index (χ3v) is 2.75. The standard InChI is InChI=1S/C15H10ClNO2/c16-13-7-5-11(6-8-13)9-15(18)19-14-4-2-1-3-12(14)10-17/h1-8H,9H2. The molecule has 2 aromatic rings. The Hall–Kier alpha value is -2.31. The van der Waals surface area contributed by atoms with E-state index in [0.29, 0.717) is 10.6 Å². The van der Waals surface area contributed by atoms with Crippen LogP contribution in [-0.2, 0) is 11.2 Å². The van der Waals surface area contributed by atoms with E-state index in [2.05, 4.69) is 0 Å². The van der Waals surface area contributed by atoms with Gasteiger partial charge in [0.25, 0.3) is 0 Å². The van der Waals surface area contributed by atoms with Gasteiger partial charge in [-0.2, -0.15) is 5.26 Å². The average molecular weight is 272 g/mol. The number of rotatable bonds is 3. The van der Waals surface area contributed by atoms with E-state index in [1.54, 1.807) is 48.5 Å². The highest BCUT2D eigenvalue weighted by atomic mass is 35.5. The summed E-state index contributed by atoms with van der Waals surface area (Å²) < 4.78 is 5.18. The molecule has 4 heteroatoms. The van der Waals surface area contributed by atoms with Crippen molar-refractivity contribution in [2.45, 2.75) is 6.42 Å². The lowest BCUT2D eigenvalue weighted by atomic mass is 10.1. The molecular weight excluding hydrogens is 262 g/mol. The highest BCUT2D eigenvalue weighted by Gasteiger charge is 2.09. The smallest absolute Gasteiger partial charge is 0.315 e. The van der Waals surface area contributed by atoms with Gasteiger partial charge in [0.05, 0.1) is 12.0 Å². The Kier molecular flexibility index (Phi) is 4.17. The molecule has 19 heavy (non-hydrogen) atoms. The molecule has 0 aliphatic rings. The number of para-hydroxylation sites is 1. The van der Waals surface area contributed by atoms with E-state index in [1.165, 1.54) is 0 Å². The maximum Gasteiger partial charge on any atom is 0.315 e. The van der Waals surface area contributed by atoms with Crippen molar-refractivity contribution in [2.24, 2.45) is 0 Å². The number of carbonyl (C=O) groups excluding carboxylic acids is 1. The molecule has 0 N–H and O–H groups in total. The maximum atomic E-state index is 11.8. The summed E-state index contributed by atoms with van der Waals surface area (Å²) in [6.07, 6.45) is 0.136. The molecule has 2 rings (SSSR count). The summed E-state index contributed by atoms with van der Waals surface area (Å²) in [5, 5.41) is 9.51. The highest BCUT2D eigenvalue weighted by Crippen LogP contribution is 2.17. The number of esters is 1. The van der Waals surface area contributed by atoms with Gasteiger partial charge in [-0.3, -0.25) is 4.79 Å². The van der Waals surface area contributed by atoms with Crippen LogP contribution in [0.2, 0.25) is 5.02 Å². The van der Waals surface area contributed by atoms with E-state index < -0.39 is 5.97 Å². The Morgan fingerprint density at radius 1 is 1.16 bits per heavy atom. The predicted octanol–water partition coefficient (Wildman–Crippen LogP) is 3.36. The van der Waals surface area contributed by atoms with E-state index in [1.807, 2.05) is 6.07 Å². The third kappa shape index (κ3) is 3.57. The minimum absolute atomic E-state index is 0.136. The van der Waals surface area contributed by atoms with Gasteiger partial charge >= 0.3 is 5.97 Å². The monoisotopic (exact) mass is 271 g/mol. The molecule has 2 aromatic carbocycles. The first-order chi connectivity index (χ1) is 9.19. The van der Waals surface area contributed by atoms with Crippen LogP contribution in [0.3, 0.4) is 0 Å². The average Bonchev–Trinajstić information content (AvgIpc) is 2.42. The second kappa shape index (κ2) is 6.03. The number of hydrogen-bond acceptors (Lipinski definition) is 3. The van der Waals surface area contributed by atoms with Crippen molar-refractivity contribution in [3.63, 3.8) is 0 Å². The molecule has 0 fully saturated rings. The fourth-order valence-electron chi connectivity index (χ4n) is 1.58. The Morgan fingerprint density at radius 2 is 1.84 bits per heavy atom. The van der Waals surface area contributed by atoms with Crippen LogP contribution in [0.25, 0.3) is 0 Å². The molecule has 0 amide bonds. The summed E-state index contributed by atoms with van der Waals surface area (Å²) in [6, 6.07) is 15.6. The van der Waals surface area contributed by atoms with Gasteiger partial charge in [0, 0.05) is 5.02 Å². The zero-order chi connectivity index (χ0) is 13.7. The van der Waals surface area contributed by atoms with Crippen molar-refractivity contribution in [2.75, 3.05) is 0 Å². The molecule has 3 nitrogen and oxygen atoms in total. The van der Waals surface area contributed by atoms with Crippen LogP contribution in [0.1, 0.15) is 11.1 Å². The maximum absolute atomic E-state index is 11.8. The Bertz CT molecular complexity index is 629. The van der Waals surface area contributed by atoms with E-state index in [4.69, 9.17) is 21.6 Å². The van der Waals surface area contributed by atoms with Gasteiger partial charge < -0.3 is 4.74 Å². The molecule has 0 aliphatic carbocycles. The van der Waals surface area contributed by atoms with Gasteiger partial charge in [0.1, 0.15) is 11.8 Å². The molecule has 0 spiro atoms. The number of nitriles is 1. The minimum Gasteiger partial charge on any atom is -0.425 e. The molecule has 0 saturated heterocycles. The molecule has 94 valence electrons. The lowest BCUT2D eigenvalue weighted by molar-refractivity contribution is -0.133. The summed E-state index contributed by atoms with van der Waals surface area (Å²) in [4.78, 5) is 11.8. The quantitative estimate of drug-likeness (QED) is 0.635. The van der Waals surface area contributed by atoms with E-state index >= 15 is 0 Å². The summed E-state index contributed by atoms with van der Waals surface area (Å²) >= 11 is 5.77. The van der Waals surface area contributed by atoms with Crippen LogP contribution in [0.4, 0.5) is 0 Å². The van der Waals surface area contributed by atoms with Crippen molar-refractivity contribution in [3.8, 4) is 11.8 Å². The number of nitrogens with zero attached hydrogens (tertiary/aromatic N) is 1. The normalized spacial score (nSPS) is 9.68. The largest absolute Gasteiger partial charge is 0.425 e. The van der Waals surface area contributed by atoms with Crippen LogP contribution in [0.5, 0.6) is 5.75 Å². The number of benzene rings is 2. The molecule has 0 heterocycles. The van der Waals surface area contributed by atoms with Gasteiger partial charge in [-0.25, -0.2) is 0 Å². The van der Waals surface area contributed by atoms with Gasteiger partial charge in [-0.1, -0.05) is 35.9 Å². The van der Waals surface area contributed by atoms with Crippen LogP contribution in [-0.4, -0.2) is 5.97 Å². The Labute approximate surface area is 116 Å². The minimum atomic E-state index is -0.412. The number of hydrogen-bond donors (Lipinski definition) is 0. The first-order valence-corrected chi connectivity index (χ1v) is 6.01. The van der Waals surface area contributed by atoms with Crippen LogP contribution in [0.15, 0.2) is 48.5 Å². The van der Waals surface area contributed by atoms with Crippen LogP contribution >= 0.6 is 11.6 Å². The number of carbonyl (C=O) groups is 1. The first kappa shape index (κ1) is 13.1. The number of halogens is 1. The summed E-state index contributed by atoms with van der Waals surface area (Å²) in [7, 11) is 0. The molecule has 0 unspecified atom stereocenters. The van der Waals surface area contributed by atoms with Crippen molar-refractivity contribution in [1.29, 1.82) is 5.26 Å². The van der Waals surface area contributed by atoms with Gasteiger partial charge in [0.15, 0.2) is 0 Å². The lowest BCUT2D eigenvalue weighted by Gasteiger charge is -2.05. The predicted molar refractivity (Wildman–Crippen MR) is 71.9 cm³/mol. The summed E-state index contributed by atoms with van der Waals surface area (Å²) in [5.41, 5.74) is 1.15. The van der Waals surface area contributed by atoms with Gasteiger partial charge in [0.2, 0.25) is 0 Å². The molecule has 0 atom stereocenters. The fourth-order valence-corrected chi connectivity index (χ4v) is 1.70. The molecule has 0 bridgehead atoms. The lowest BCUT2D eigenvalue weighted by Crippen LogP contribution is -2.11. The zero-order valence-electron chi connectivity index (χ0n) is 9.97.